The largest absolute Gasteiger partial charge is 0.460 e. The highest BCUT2D eigenvalue weighted by Crippen LogP contribution is 2.45. The Kier molecular flexibility index (Phi) is 14.4. The fourth-order valence-electron chi connectivity index (χ4n) is 8.95. The van der Waals surface area contributed by atoms with Gasteiger partial charge >= 0.3 is 5.97 Å². The molecule has 3 aliphatic heterocycles. The first-order valence-corrected chi connectivity index (χ1v) is 19.3. The molecule has 0 aromatic carbocycles. The summed E-state index contributed by atoms with van der Waals surface area (Å²) in [5, 5.41) is 115. The number of esters is 1. The summed E-state index contributed by atoms with van der Waals surface area (Å²) in [6, 6.07) is 0. The van der Waals surface area contributed by atoms with Gasteiger partial charge in [-0.2, -0.15) is 0 Å². The molecule has 0 spiro atoms. The monoisotopic (exact) mass is 778 g/mol. The summed E-state index contributed by atoms with van der Waals surface area (Å²) >= 11 is 0. The van der Waals surface area contributed by atoms with Gasteiger partial charge in [0.15, 0.2) is 12.6 Å². The third-order valence-corrected chi connectivity index (χ3v) is 12.2. The molecule has 6 rings (SSSR count). The van der Waals surface area contributed by atoms with E-state index < -0.39 is 129 Å². The molecule has 19 atom stereocenters. The average molecular weight is 779 g/mol. The molecule has 310 valence electrons. The molecule has 3 aliphatic carbocycles. The molecular formula is C36H58O18. The first-order chi connectivity index (χ1) is 25.7. The van der Waals surface area contributed by atoms with Crippen molar-refractivity contribution in [2.75, 3.05) is 13.2 Å². The van der Waals surface area contributed by atoms with Crippen LogP contribution in [0, 0.1) is 17.8 Å². The molecule has 0 bridgehead atoms. The number of carbonyl (C=O) groups is 1. The Morgan fingerprint density at radius 3 is 1.89 bits per heavy atom. The third-order valence-electron chi connectivity index (χ3n) is 12.2. The molecule has 6 fully saturated rings. The number of hydrogen-bond donors (Lipinski definition) is 11. The Bertz CT molecular complexity index is 1230. The van der Waals surface area contributed by atoms with Crippen molar-refractivity contribution in [1.82, 2.24) is 0 Å². The summed E-state index contributed by atoms with van der Waals surface area (Å²) in [6.07, 6.45) is -15.1. The fourth-order valence-corrected chi connectivity index (χ4v) is 8.95. The van der Waals surface area contributed by atoms with E-state index in [-0.39, 0.29) is 50.0 Å². The molecule has 11 N–H and O–H groups in total. The SMILES string of the molecule is O=C(C=CC1CCC(O)CC1)OC[C@H]1O[C@@H](OC2CC3C(CC(O)CC3O[C@@H]3O[C@H](CO)[C@@H](O)[C@H](O)[C@H]3O)OC2C2CCC(O)C(O)C2)[C@H](O)[C@@H](O)[C@@H]1O. The highest BCUT2D eigenvalue weighted by molar-refractivity contribution is 5.81. The van der Waals surface area contributed by atoms with Gasteiger partial charge < -0.3 is 84.6 Å². The van der Waals surface area contributed by atoms with Gasteiger partial charge in [0.05, 0.1) is 55.4 Å². The molecule has 0 aromatic rings. The standard InChI is InChI=1S/C36H58O18/c37-13-25-28(43)30(45)32(47)35(53-25)51-23-11-18(39)10-22-19(23)12-24(34(50-22)16-4-7-20(40)21(41)9-16)52-36-33(48)31(46)29(44)26(54-36)14-49-27(42)8-3-15-1-5-17(38)6-2-15/h3,8,15-26,28-41,43-48H,1-2,4-7,9-14H2/t15?,16?,17?,18?,19?,20?,21?,22?,23?,24?,25-,26-,28-,29-,30+,31+,32-,33-,34?,35-,36-/m1/s1. The Morgan fingerprint density at radius 1 is 0.611 bits per heavy atom. The topological polar surface area (TPSA) is 295 Å². The van der Waals surface area contributed by atoms with Crippen LogP contribution in [0.1, 0.15) is 64.2 Å². The van der Waals surface area contributed by atoms with E-state index in [1.165, 1.54) is 6.08 Å². The van der Waals surface area contributed by atoms with Gasteiger partial charge in [-0.1, -0.05) is 6.08 Å². The van der Waals surface area contributed by atoms with Crippen LogP contribution in [-0.4, -0.2) is 186 Å². The minimum Gasteiger partial charge on any atom is -0.460 e. The van der Waals surface area contributed by atoms with Crippen LogP contribution in [0.25, 0.3) is 0 Å². The van der Waals surface area contributed by atoms with Crippen LogP contribution in [-0.2, 0) is 33.2 Å². The Morgan fingerprint density at radius 2 is 1.24 bits per heavy atom. The van der Waals surface area contributed by atoms with Gasteiger partial charge in [0.2, 0.25) is 0 Å². The van der Waals surface area contributed by atoms with Crippen LogP contribution in [0.15, 0.2) is 12.2 Å². The first-order valence-electron chi connectivity index (χ1n) is 19.3. The zero-order valence-corrected chi connectivity index (χ0v) is 30.0. The minimum atomic E-state index is -1.76. The van der Waals surface area contributed by atoms with Crippen LogP contribution in [0.5, 0.6) is 0 Å². The van der Waals surface area contributed by atoms with Crippen molar-refractivity contribution in [2.45, 2.75) is 174 Å². The average Bonchev–Trinajstić information content (AvgIpc) is 3.15. The van der Waals surface area contributed by atoms with E-state index in [1.54, 1.807) is 6.08 Å². The van der Waals surface area contributed by atoms with Gasteiger partial charge in [-0.3, -0.25) is 0 Å². The van der Waals surface area contributed by atoms with Gasteiger partial charge in [0, 0.05) is 18.4 Å². The smallest absolute Gasteiger partial charge is 0.330 e. The molecule has 6 aliphatic rings. The molecule has 0 amide bonds. The van der Waals surface area contributed by atoms with Gasteiger partial charge in [0.1, 0.15) is 55.4 Å². The second-order valence-electron chi connectivity index (χ2n) is 16.0. The highest BCUT2D eigenvalue weighted by atomic mass is 16.7. The van der Waals surface area contributed by atoms with Crippen LogP contribution < -0.4 is 0 Å². The number of hydrogen-bond acceptors (Lipinski definition) is 18. The second-order valence-corrected chi connectivity index (χ2v) is 16.0. The van der Waals surface area contributed by atoms with Crippen LogP contribution >= 0.6 is 0 Å². The molecule has 9 unspecified atom stereocenters. The summed E-state index contributed by atoms with van der Waals surface area (Å²) in [7, 11) is 0. The van der Waals surface area contributed by atoms with Crippen molar-refractivity contribution in [3.8, 4) is 0 Å². The number of aliphatic hydroxyl groups excluding tert-OH is 11. The van der Waals surface area contributed by atoms with Crippen molar-refractivity contribution in [2.24, 2.45) is 17.8 Å². The third kappa shape index (κ3) is 9.63. The maximum Gasteiger partial charge on any atom is 0.330 e. The lowest BCUT2D eigenvalue weighted by Gasteiger charge is -2.52. The number of fused-ring (bicyclic) bond motifs is 1. The summed E-state index contributed by atoms with van der Waals surface area (Å²) in [5.41, 5.74) is 0. The predicted octanol–water partition coefficient (Wildman–Crippen LogP) is -3.53. The van der Waals surface area contributed by atoms with Crippen molar-refractivity contribution >= 4 is 5.97 Å². The van der Waals surface area contributed by atoms with E-state index in [4.69, 9.17) is 28.4 Å². The van der Waals surface area contributed by atoms with Crippen LogP contribution in [0.4, 0.5) is 0 Å². The van der Waals surface area contributed by atoms with Crippen molar-refractivity contribution in [1.29, 1.82) is 0 Å². The molecular weight excluding hydrogens is 720 g/mol. The Labute approximate surface area is 312 Å². The zero-order chi connectivity index (χ0) is 38.8. The number of carbonyl (C=O) groups excluding carboxylic acids is 1. The van der Waals surface area contributed by atoms with Gasteiger partial charge in [-0.15, -0.1) is 0 Å². The van der Waals surface area contributed by atoms with Crippen molar-refractivity contribution in [3.63, 3.8) is 0 Å². The quantitative estimate of drug-likeness (QED) is 0.0756. The molecule has 0 aromatic heterocycles. The molecule has 18 heteroatoms. The van der Waals surface area contributed by atoms with E-state index in [1.807, 2.05) is 0 Å². The van der Waals surface area contributed by atoms with E-state index >= 15 is 0 Å². The fraction of sp³-hybridized carbons (Fsp3) is 0.917. The molecule has 3 saturated carbocycles. The van der Waals surface area contributed by atoms with Crippen LogP contribution in [0.3, 0.4) is 0 Å². The molecule has 0 radical (unpaired) electrons. The van der Waals surface area contributed by atoms with E-state index in [0.29, 0.717) is 19.3 Å². The number of allylic oxidation sites excluding steroid dienone is 1. The second kappa shape index (κ2) is 18.4. The summed E-state index contributed by atoms with van der Waals surface area (Å²) in [5.74, 6) is -1.50. The maximum atomic E-state index is 12.5. The Balaban J connectivity index is 1.17. The van der Waals surface area contributed by atoms with Gasteiger partial charge in [-0.25, -0.2) is 4.79 Å². The summed E-state index contributed by atoms with van der Waals surface area (Å²) in [4.78, 5) is 12.5. The maximum absolute atomic E-state index is 12.5. The van der Waals surface area contributed by atoms with Crippen LogP contribution in [0.2, 0.25) is 0 Å². The number of ether oxygens (including phenoxy) is 6. The number of rotatable bonds is 10. The van der Waals surface area contributed by atoms with E-state index in [0.717, 1.165) is 12.8 Å². The van der Waals surface area contributed by atoms with Crippen molar-refractivity contribution in [3.05, 3.63) is 12.2 Å². The molecule has 3 heterocycles. The van der Waals surface area contributed by atoms with Gasteiger partial charge in [0.25, 0.3) is 0 Å². The molecule has 18 nitrogen and oxygen atoms in total. The minimum absolute atomic E-state index is 0.0588. The van der Waals surface area contributed by atoms with Gasteiger partial charge in [-0.05, 0) is 69.6 Å². The van der Waals surface area contributed by atoms with Crippen molar-refractivity contribution < 1.29 is 89.4 Å². The number of aliphatic hydroxyl groups is 11. The molecule has 3 saturated heterocycles. The predicted molar refractivity (Wildman–Crippen MR) is 180 cm³/mol. The lowest BCUT2D eigenvalue weighted by molar-refractivity contribution is -0.344. The van der Waals surface area contributed by atoms with E-state index in [2.05, 4.69) is 0 Å². The van der Waals surface area contributed by atoms with E-state index in [9.17, 15) is 61.0 Å². The Hall–Kier alpha value is -1.43. The normalized spacial score (nSPS) is 50.4. The highest BCUT2D eigenvalue weighted by Gasteiger charge is 2.54. The summed E-state index contributed by atoms with van der Waals surface area (Å²) < 4.78 is 35.9. The zero-order valence-electron chi connectivity index (χ0n) is 30.0. The first kappa shape index (κ1) is 42.2. The lowest BCUT2D eigenvalue weighted by Crippen LogP contribution is -2.63. The molecule has 54 heavy (non-hydrogen) atoms. The summed E-state index contributed by atoms with van der Waals surface area (Å²) in [6.45, 7) is -1.15. The lowest BCUT2D eigenvalue weighted by atomic mass is 9.72.